The van der Waals surface area contributed by atoms with E-state index in [1.54, 1.807) is 41.0 Å². The van der Waals surface area contributed by atoms with Crippen LogP contribution in [0.2, 0.25) is 5.02 Å². The van der Waals surface area contributed by atoms with Gasteiger partial charge in [-0.2, -0.15) is 0 Å². The molecular weight excluding hydrogens is 482 g/mol. The average molecular weight is 508 g/mol. The summed E-state index contributed by atoms with van der Waals surface area (Å²) in [6, 6.07) is 12.2. The van der Waals surface area contributed by atoms with Gasteiger partial charge < -0.3 is 5.32 Å². The highest BCUT2D eigenvalue weighted by Gasteiger charge is 2.32. The van der Waals surface area contributed by atoms with E-state index in [1.165, 1.54) is 4.31 Å². The van der Waals surface area contributed by atoms with Gasteiger partial charge in [0.05, 0.1) is 21.9 Å². The molecule has 0 saturated carbocycles. The first kappa shape index (κ1) is 23.9. The van der Waals surface area contributed by atoms with Crippen LogP contribution in [0.3, 0.4) is 0 Å². The Bertz CT molecular complexity index is 1330. The van der Waals surface area contributed by atoms with Gasteiger partial charge in [0, 0.05) is 29.8 Å². The number of fused-ring (bicyclic) bond motifs is 1. The third-order valence-electron chi connectivity index (χ3n) is 5.81. The molecule has 0 spiro atoms. The number of carbonyl (C=O) groups is 1. The summed E-state index contributed by atoms with van der Waals surface area (Å²) < 4.78 is 29.8. The largest absolute Gasteiger partial charge is 0.326 e. The van der Waals surface area contributed by atoms with Crippen molar-refractivity contribution in [3.8, 4) is 0 Å². The van der Waals surface area contributed by atoms with E-state index in [2.05, 4.69) is 5.32 Å². The summed E-state index contributed by atoms with van der Waals surface area (Å²) in [5.41, 5.74) is 2.10. The molecule has 1 atom stereocenters. The van der Waals surface area contributed by atoms with Crippen molar-refractivity contribution in [2.75, 3.05) is 18.4 Å². The monoisotopic (exact) mass is 507 g/mol. The summed E-state index contributed by atoms with van der Waals surface area (Å²) >= 11 is 7.04. The molecule has 1 N–H and O–H groups in total. The molecule has 7 nitrogen and oxygen atoms in total. The molecule has 0 bridgehead atoms. The van der Waals surface area contributed by atoms with E-state index in [9.17, 15) is 18.0 Å². The minimum absolute atomic E-state index is 0.0303. The minimum Gasteiger partial charge on any atom is -0.326 e. The predicted molar refractivity (Wildman–Crippen MR) is 133 cm³/mol. The van der Waals surface area contributed by atoms with Crippen molar-refractivity contribution >= 4 is 54.8 Å². The van der Waals surface area contributed by atoms with Gasteiger partial charge in [0.1, 0.15) is 0 Å². The maximum atomic E-state index is 12.9. The Morgan fingerprint density at radius 1 is 1.21 bits per heavy atom. The SMILES string of the molecule is CC(C)n1c(=O)sc2cc(NC(=O)[C@@H]3CCCN(S(=O)(=O)Cc4ccc(Cl)cc4)C3)ccc21. The van der Waals surface area contributed by atoms with Crippen LogP contribution in [0.25, 0.3) is 10.2 Å². The van der Waals surface area contributed by atoms with Gasteiger partial charge in [-0.05, 0) is 62.6 Å². The van der Waals surface area contributed by atoms with Gasteiger partial charge in [0.2, 0.25) is 15.9 Å². The average Bonchev–Trinajstić information content (AvgIpc) is 3.10. The summed E-state index contributed by atoms with van der Waals surface area (Å²) in [5, 5.41) is 3.46. The van der Waals surface area contributed by atoms with Gasteiger partial charge in [-0.25, -0.2) is 12.7 Å². The Labute approximate surface area is 202 Å². The summed E-state index contributed by atoms with van der Waals surface area (Å²) in [4.78, 5) is 25.2. The zero-order valence-electron chi connectivity index (χ0n) is 18.5. The van der Waals surface area contributed by atoms with E-state index >= 15 is 0 Å². The van der Waals surface area contributed by atoms with E-state index in [4.69, 9.17) is 11.6 Å². The van der Waals surface area contributed by atoms with Crippen LogP contribution in [0, 0.1) is 5.92 Å². The van der Waals surface area contributed by atoms with Crippen LogP contribution in [-0.2, 0) is 20.6 Å². The maximum absolute atomic E-state index is 12.9. The topological polar surface area (TPSA) is 88.5 Å². The number of rotatable bonds is 6. The van der Waals surface area contributed by atoms with E-state index in [0.29, 0.717) is 35.7 Å². The third kappa shape index (κ3) is 5.32. The van der Waals surface area contributed by atoms with Gasteiger partial charge in [-0.1, -0.05) is 35.1 Å². The number of benzene rings is 2. The first-order valence-corrected chi connectivity index (χ1v) is 13.6. The molecule has 0 unspecified atom stereocenters. The Morgan fingerprint density at radius 3 is 2.64 bits per heavy atom. The zero-order chi connectivity index (χ0) is 23.8. The second-order valence-corrected chi connectivity index (χ2v) is 12.0. The molecule has 176 valence electrons. The molecule has 2 heterocycles. The lowest BCUT2D eigenvalue weighted by Crippen LogP contribution is -2.44. The van der Waals surface area contributed by atoms with Crippen molar-refractivity contribution < 1.29 is 13.2 Å². The molecule has 1 aliphatic heterocycles. The van der Waals surface area contributed by atoms with Crippen molar-refractivity contribution in [1.82, 2.24) is 8.87 Å². The van der Waals surface area contributed by atoms with Gasteiger partial charge in [0.25, 0.3) is 0 Å². The number of hydrogen-bond acceptors (Lipinski definition) is 5. The van der Waals surface area contributed by atoms with Crippen LogP contribution in [0.15, 0.2) is 47.3 Å². The minimum atomic E-state index is -3.55. The molecule has 1 aliphatic rings. The molecule has 4 rings (SSSR count). The van der Waals surface area contributed by atoms with Crippen LogP contribution in [0.5, 0.6) is 0 Å². The van der Waals surface area contributed by atoms with Crippen molar-refractivity contribution in [2.45, 2.75) is 38.5 Å². The molecule has 1 aromatic heterocycles. The van der Waals surface area contributed by atoms with E-state index in [0.717, 1.165) is 21.6 Å². The van der Waals surface area contributed by atoms with E-state index in [1.807, 2.05) is 19.9 Å². The van der Waals surface area contributed by atoms with Crippen LogP contribution in [0.1, 0.15) is 38.3 Å². The summed E-state index contributed by atoms with van der Waals surface area (Å²) in [6.07, 6.45) is 1.24. The van der Waals surface area contributed by atoms with Gasteiger partial charge in [0.15, 0.2) is 0 Å². The molecule has 33 heavy (non-hydrogen) atoms. The number of hydrogen-bond donors (Lipinski definition) is 1. The lowest BCUT2D eigenvalue weighted by atomic mass is 9.98. The molecule has 1 saturated heterocycles. The Kier molecular flexibility index (Phi) is 6.95. The van der Waals surface area contributed by atoms with Gasteiger partial charge >= 0.3 is 4.87 Å². The van der Waals surface area contributed by atoms with Crippen molar-refractivity contribution in [3.05, 3.63) is 62.7 Å². The number of aromatic nitrogens is 1. The fourth-order valence-corrected chi connectivity index (χ4v) is 6.93. The van der Waals surface area contributed by atoms with E-state index in [-0.39, 0.29) is 29.1 Å². The lowest BCUT2D eigenvalue weighted by molar-refractivity contribution is -0.120. The quantitative estimate of drug-likeness (QED) is 0.533. The Balaban J connectivity index is 1.45. The summed E-state index contributed by atoms with van der Waals surface area (Å²) in [6.45, 7) is 4.47. The molecule has 0 radical (unpaired) electrons. The number of piperidine rings is 1. The van der Waals surface area contributed by atoms with Crippen molar-refractivity contribution in [3.63, 3.8) is 0 Å². The molecule has 10 heteroatoms. The molecule has 3 aromatic rings. The van der Waals surface area contributed by atoms with E-state index < -0.39 is 15.9 Å². The van der Waals surface area contributed by atoms with Gasteiger partial charge in [-0.3, -0.25) is 14.2 Å². The van der Waals surface area contributed by atoms with Gasteiger partial charge in [-0.15, -0.1) is 0 Å². The Morgan fingerprint density at radius 2 is 1.94 bits per heavy atom. The lowest BCUT2D eigenvalue weighted by Gasteiger charge is -2.31. The summed E-state index contributed by atoms with van der Waals surface area (Å²) in [5.74, 6) is -0.772. The number of amides is 1. The normalized spacial score (nSPS) is 17.5. The maximum Gasteiger partial charge on any atom is 0.308 e. The smallest absolute Gasteiger partial charge is 0.308 e. The first-order valence-electron chi connectivity index (χ1n) is 10.8. The van der Waals surface area contributed by atoms with Crippen LogP contribution < -0.4 is 10.2 Å². The number of sulfonamides is 1. The molecule has 1 amide bonds. The number of thiazole rings is 1. The van der Waals surface area contributed by atoms with Crippen LogP contribution in [-0.4, -0.2) is 36.3 Å². The number of nitrogens with one attached hydrogen (secondary N) is 1. The first-order chi connectivity index (χ1) is 15.6. The van der Waals surface area contributed by atoms with Crippen molar-refractivity contribution in [1.29, 1.82) is 0 Å². The number of carbonyl (C=O) groups excluding carboxylic acids is 1. The number of halogens is 1. The molecule has 2 aromatic carbocycles. The standard InChI is InChI=1S/C23H26ClN3O4S2/c1-15(2)27-20-10-9-19(12-21(20)32-23(27)29)25-22(28)17-4-3-11-26(13-17)33(30,31)14-16-5-7-18(24)8-6-16/h5-10,12,15,17H,3-4,11,13-14H2,1-2H3,(H,25,28)/t17-/m1/s1. The Hall–Kier alpha value is -2.20. The highest BCUT2D eigenvalue weighted by molar-refractivity contribution is 7.88. The van der Waals surface area contributed by atoms with Crippen molar-refractivity contribution in [2.24, 2.45) is 5.92 Å². The highest BCUT2D eigenvalue weighted by Crippen LogP contribution is 2.26. The molecule has 1 fully saturated rings. The fourth-order valence-electron chi connectivity index (χ4n) is 4.14. The summed E-state index contributed by atoms with van der Waals surface area (Å²) in [7, 11) is -3.55. The van der Waals surface area contributed by atoms with Crippen LogP contribution in [0.4, 0.5) is 5.69 Å². The number of anilines is 1. The zero-order valence-corrected chi connectivity index (χ0v) is 20.8. The second kappa shape index (κ2) is 9.58. The molecule has 0 aliphatic carbocycles. The van der Waals surface area contributed by atoms with Crippen LogP contribution >= 0.6 is 22.9 Å². The fraction of sp³-hybridized carbons (Fsp3) is 0.391. The third-order valence-corrected chi connectivity index (χ3v) is 8.79. The number of nitrogens with zero attached hydrogens (tertiary/aromatic N) is 2. The highest BCUT2D eigenvalue weighted by atomic mass is 35.5. The second-order valence-electron chi connectivity index (χ2n) is 8.58. The molecular formula is C23H26ClN3O4S2. The predicted octanol–water partition coefficient (Wildman–Crippen LogP) is 4.48.